The summed E-state index contributed by atoms with van der Waals surface area (Å²) in [6.07, 6.45) is -3.90. The Bertz CT molecular complexity index is 885. The van der Waals surface area contributed by atoms with E-state index < -0.39 is 30.4 Å². The van der Waals surface area contributed by atoms with E-state index in [0.29, 0.717) is 37.6 Å². The van der Waals surface area contributed by atoms with Crippen LogP contribution in [0.4, 0.5) is 0 Å². The summed E-state index contributed by atoms with van der Waals surface area (Å²) in [7, 11) is 1.71. The van der Waals surface area contributed by atoms with E-state index in [1.165, 1.54) is 20.8 Å². The van der Waals surface area contributed by atoms with Gasteiger partial charge in [-0.25, -0.2) is 0 Å². The third kappa shape index (κ3) is 15.5. The molecular formula is C31H57NaO14. The van der Waals surface area contributed by atoms with Gasteiger partial charge in [0.2, 0.25) is 0 Å². The molecule has 0 radical (unpaired) electrons. The maximum Gasteiger partial charge on any atom is 1.00 e. The number of ether oxygens (including phenoxy) is 7. The number of esters is 3. The van der Waals surface area contributed by atoms with Crippen LogP contribution in [0.1, 0.15) is 49.9 Å². The van der Waals surface area contributed by atoms with E-state index in [2.05, 4.69) is 25.5 Å². The molecule has 0 bridgehead atoms. The summed E-state index contributed by atoms with van der Waals surface area (Å²) in [6, 6.07) is 0. The van der Waals surface area contributed by atoms with Crippen molar-refractivity contribution in [3.63, 3.8) is 0 Å². The number of carbonyl (C=O) groups excluding carboxylic acids is 3. The van der Waals surface area contributed by atoms with Crippen LogP contribution in [0.15, 0.2) is 0 Å². The molecule has 0 aliphatic carbocycles. The van der Waals surface area contributed by atoms with Gasteiger partial charge in [-0.15, -0.1) is 0 Å². The zero-order chi connectivity index (χ0) is 34.3. The first-order valence-electron chi connectivity index (χ1n) is 15.5. The van der Waals surface area contributed by atoms with Crippen LogP contribution in [0.3, 0.4) is 0 Å². The fraction of sp³-hybridized carbons (Fsp3) is 0.903. The van der Waals surface area contributed by atoms with Gasteiger partial charge in [-0.2, -0.15) is 0 Å². The van der Waals surface area contributed by atoms with Crippen molar-refractivity contribution in [3.8, 4) is 0 Å². The van der Waals surface area contributed by atoms with Crippen LogP contribution < -0.4 is 29.6 Å². The van der Waals surface area contributed by atoms with Gasteiger partial charge < -0.3 is 55.0 Å². The van der Waals surface area contributed by atoms with E-state index in [-0.39, 0.29) is 92.7 Å². The number of hydrogen-bond acceptors (Lipinski definition) is 14. The fourth-order valence-corrected chi connectivity index (χ4v) is 5.56. The van der Waals surface area contributed by atoms with Crippen molar-refractivity contribution in [1.29, 1.82) is 0 Å². The van der Waals surface area contributed by atoms with Gasteiger partial charge in [-0.05, 0) is 11.8 Å². The predicted molar refractivity (Wildman–Crippen MR) is 161 cm³/mol. The fourth-order valence-electron chi connectivity index (χ4n) is 5.56. The molecule has 3 rings (SSSR count). The number of carbonyl (C=O) groups is 3. The van der Waals surface area contributed by atoms with Gasteiger partial charge in [0.05, 0.1) is 51.8 Å². The second-order valence-electron chi connectivity index (χ2n) is 12.3. The van der Waals surface area contributed by atoms with Gasteiger partial charge in [-0.3, -0.25) is 14.4 Å². The summed E-state index contributed by atoms with van der Waals surface area (Å²) in [5.74, 6) is 0.853. The van der Waals surface area contributed by atoms with Gasteiger partial charge in [-0.1, -0.05) is 27.7 Å². The van der Waals surface area contributed by atoms with Crippen molar-refractivity contribution < 1.29 is 99.0 Å². The van der Waals surface area contributed by atoms with Crippen LogP contribution in [0.2, 0.25) is 0 Å². The Labute approximate surface area is 296 Å². The molecule has 4 N–H and O–H groups in total. The van der Waals surface area contributed by atoms with E-state index in [4.69, 9.17) is 38.6 Å². The molecule has 3 aliphatic rings. The molecule has 0 aromatic heterocycles. The summed E-state index contributed by atoms with van der Waals surface area (Å²) in [6.45, 7) is 15.2. The smallest absolute Gasteiger partial charge is 1.00 e. The van der Waals surface area contributed by atoms with Crippen molar-refractivity contribution in [1.82, 2.24) is 0 Å². The Hall–Kier alpha value is -0.910. The van der Waals surface area contributed by atoms with E-state index in [0.717, 1.165) is 13.2 Å². The molecule has 3 heterocycles. The van der Waals surface area contributed by atoms with Gasteiger partial charge >= 0.3 is 47.5 Å². The van der Waals surface area contributed by atoms with Crippen molar-refractivity contribution in [2.75, 3.05) is 60.0 Å². The summed E-state index contributed by atoms with van der Waals surface area (Å²) in [5, 5.41) is 36.9. The maximum absolute atomic E-state index is 10.7. The topological polar surface area (TPSA) is 197 Å². The number of aliphatic hydroxyl groups excluding tert-OH is 4. The predicted octanol–water partition coefficient (Wildman–Crippen LogP) is -2.54. The molecular weight excluding hydrogens is 619 g/mol. The number of methoxy groups -OCH3 is 1. The van der Waals surface area contributed by atoms with Crippen LogP contribution in [0.5, 0.6) is 0 Å². The summed E-state index contributed by atoms with van der Waals surface area (Å²) in [5.41, 5.74) is 0. The van der Waals surface area contributed by atoms with Crippen molar-refractivity contribution >= 4 is 17.9 Å². The standard InChI is InChI=1S/C12H22O4.C11H20O4.C8H14O6.Na.H/c1-8(5-15-10(3)13)12-9(2)11(6-14-4)7-16-12;1-7(5-14-9(3)13)11-8(2)10(4-12)6-15-11;1-4(9)13-3-6(11)8-7(12)5(10)2-14-8;;/h8-9,11-12H,5-7H2,1-4H3;7-8,10-12H,4-6H2,1-3H3;5-8,10-12H,2-3H2,1H3;;/q;;;+1;-1/t8?,9-,11+,12?;7?,8-,10+,11?;5-,6?,7+,8?;;/m001../s1. The first-order chi connectivity index (χ1) is 21.1. The molecule has 6 unspecified atom stereocenters. The molecule has 0 spiro atoms. The molecule has 12 atom stereocenters. The quantitative estimate of drug-likeness (QED) is 0.0959. The van der Waals surface area contributed by atoms with Crippen LogP contribution in [0, 0.1) is 35.5 Å². The second-order valence-corrected chi connectivity index (χ2v) is 12.3. The first kappa shape index (κ1) is 45.1. The Kier molecular flexibility index (Phi) is 23.0. The number of hydrogen-bond donors (Lipinski definition) is 4. The SMILES string of the molecule is CC(=O)OCC(C)C1OC[C@@H](CO)[C@@H]1C.CC(=O)OCC(O)C1OC[C@@H](O)[C@@H]1O.COC[C@@H]1COC(C(C)COC(C)=O)[C@H]1C.[H-].[Na+]. The molecule has 266 valence electrons. The van der Waals surface area contributed by atoms with E-state index in [1.807, 2.05) is 6.92 Å². The molecule has 15 heteroatoms. The zero-order valence-corrected chi connectivity index (χ0v) is 31.0. The molecule has 0 saturated carbocycles. The minimum absolute atomic E-state index is 0. The van der Waals surface area contributed by atoms with Crippen molar-refractivity contribution in [3.05, 3.63) is 0 Å². The van der Waals surface area contributed by atoms with Gasteiger partial charge in [0, 0.05) is 58.2 Å². The third-order valence-electron chi connectivity index (χ3n) is 8.39. The molecule has 0 aromatic carbocycles. The van der Waals surface area contributed by atoms with Gasteiger partial charge in [0.1, 0.15) is 31.0 Å². The minimum atomic E-state index is -1.14. The van der Waals surface area contributed by atoms with Crippen LogP contribution in [-0.4, -0.2) is 135 Å². The Balaban J connectivity index is 0. The molecule has 3 saturated heterocycles. The Morgan fingerprint density at radius 2 is 1.17 bits per heavy atom. The average molecular weight is 677 g/mol. The van der Waals surface area contributed by atoms with E-state index >= 15 is 0 Å². The zero-order valence-electron chi connectivity index (χ0n) is 30.0. The molecule has 3 fully saturated rings. The average Bonchev–Trinajstić information content (AvgIpc) is 3.66. The Morgan fingerprint density at radius 3 is 1.54 bits per heavy atom. The molecule has 14 nitrogen and oxygen atoms in total. The van der Waals surface area contributed by atoms with Crippen LogP contribution in [-0.2, 0) is 47.5 Å². The minimum Gasteiger partial charge on any atom is -1.00 e. The summed E-state index contributed by atoms with van der Waals surface area (Å²) < 4.78 is 36.0. The van der Waals surface area contributed by atoms with Gasteiger partial charge in [0.25, 0.3) is 0 Å². The third-order valence-corrected chi connectivity index (χ3v) is 8.39. The molecule has 46 heavy (non-hydrogen) atoms. The molecule has 0 aromatic rings. The van der Waals surface area contributed by atoms with Crippen molar-refractivity contribution in [2.24, 2.45) is 35.5 Å². The van der Waals surface area contributed by atoms with Crippen LogP contribution >= 0.6 is 0 Å². The molecule has 3 aliphatic heterocycles. The summed E-state index contributed by atoms with van der Waals surface area (Å²) >= 11 is 0. The van der Waals surface area contributed by atoms with Gasteiger partial charge in [0.15, 0.2) is 0 Å². The molecule has 0 amide bonds. The number of aliphatic hydroxyl groups is 4. The normalized spacial score (nSPS) is 32.0. The van der Waals surface area contributed by atoms with E-state index in [1.54, 1.807) is 7.11 Å². The number of rotatable bonds is 12. The van der Waals surface area contributed by atoms with Crippen molar-refractivity contribution in [2.45, 2.75) is 85.1 Å². The Morgan fingerprint density at radius 1 is 0.761 bits per heavy atom. The monoisotopic (exact) mass is 676 g/mol. The summed E-state index contributed by atoms with van der Waals surface area (Å²) in [4.78, 5) is 31.8. The second kappa shape index (κ2) is 23.4. The first-order valence-corrected chi connectivity index (χ1v) is 15.5. The largest absolute Gasteiger partial charge is 1.00 e. The van der Waals surface area contributed by atoms with Crippen LogP contribution in [0.25, 0.3) is 0 Å². The maximum atomic E-state index is 10.7. The van der Waals surface area contributed by atoms with E-state index in [9.17, 15) is 24.6 Å².